The molecule has 0 unspecified atom stereocenters. The molecule has 0 aliphatic heterocycles. The molecule has 0 amide bonds. The highest BCUT2D eigenvalue weighted by Crippen LogP contribution is 2.24. The van der Waals surface area contributed by atoms with Gasteiger partial charge in [0.25, 0.3) is 14.9 Å². The van der Waals surface area contributed by atoms with Crippen LogP contribution in [0.5, 0.6) is 5.88 Å². The predicted molar refractivity (Wildman–Crippen MR) is 47.5 cm³/mol. The first-order valence-electron chi connectivity index (χ1n) is 3.55. The Balaban J connectivity index is 3.28. The minimum atomic E-state index is -3.77. The Hall–Kier alpha value is -0.750. The van der Waals surface area contributed by atoms with E-state index >= 15 is 0 Å². The third-order valence-corrected chi connectivity index (χ3v) is 2.78. The number of aromatic nitrogens is 2. The van der Waals surface area contributed by atoms with Crippen molar-refractivity contribution in [3.05, 3.63) is 6.20 Å². The van der Waals surface area contributed by atoms with Crippen molar-refractivity contribution >= 4 is 19.7 Å². The minimum absolute atomic E-state index is 0.0249. The molecule has 0 saturated heterocycles. The van der Waals surface area contributed by atoms with Gasteiger partial charge in [-0.25, -0.2) is 8.42 Å². The van der Waals surface area contributed by atoms with Crippen LogP contribution in [0.1, 0.15) is 6.92 Å². The van der Waals surface area contributed by atoms with E-state index in [0.29, 0.717) is 6.54 Å². The van der Waals surface area contributed by atoms with E-state index in [1.54, 1.807) is 0 Å². The van der Waals surface area contributed by atoms with Crippen molar-refractivity contribution in [2.75, 3.05) is 7.11 Å². The molecule has 13 heavy (non-hydrogen) atoms. The Kier molecular flexibility index (Phi) is 2.82. The third kappa shape index (κ3) is 2.13. The van der Waals surface area contributed by atoms with Crippen LogP contribution in [0.25, 0.3) is 0 Å². The Morgan fingerprint density at radius 2 is 2.31 bits per heavy atom. The standard InChI is InChI=1S/C6H9ClN2O3S/c1-3-9-4-5(13(7,10)11)6(8-9)12-2/h4H,3H2,1-2H3. The van der Waals surface area contributed by atoms with E-state index in [9.17, 15) is 8.42 Å². The van der Waals surface area contributed by atoms with E-state index < -0.39 is 9.05 Å². The topological polar surface area (TPSA) is 61.2 Å². The SMILES string of the molecule is CCn1cc(S(=O)(=O)Cl)c(OC)n1. The highest BCUT2D eigenvalue weighted by atomic mass is 35.7. The first-order chi connectivity index (χ1) is 5.99. The molecule has 1 heterocycles. The minimum Gasteiger partial charge on any atom is -0.479 e. The first-order valence-corrected chi connectivity index (χ1v) is 5.86. The van der Waals surface area contributed by atoms with Crippen LogP contribution in [0.3, 0.4) is 0 Å². The molecule has 74 valence electrons. The van der Waals surface area contributed by atoms with Gasteiger partial charge in [0.05, 0.1) is 7.11 Å². The molecule has 0 radical (unpaired) electrons. The van der Waals surface area contributed by atoms with Crippen molar-refractivity contribution in [3.63, 3.8) is 0 Å². The maximum Gasteiger partial charge on any atom is 0.268 e. The van der Waals surface area contributed by atoms with Gasteiger partial charge < -0.3 is 4.74 Å². The fourth-order valence-corrected chi connectivity index (χ4v) is 1.75. The van der Waals surface area contributed by atoms with Crippen molar-refractivity contribution < 1.29 is 13.2 Å². The van der Waals surface area contributed by atoms with Gasteiger partial charge in [-0.05, 0) is 6.92 Å². The number of rotatable bonds is 3. The lowest BCUT2D eigenvalue weighted by molar-refractivity contribution is 0.380. The fraction of sp³-hybridized carbons (Fsp3) is 0.500. The molecule has 0 atom stereocenters. The Bertz CT molecular complexity index is 398. The van der Waals surface area contributed by atoms with Gasteiger partial charge in [-0.1, -0.05) is 0 Å². The van der Waals surface area contributed by atoms with Crippen molar-refractivity contribution in [1.29, 1.82) is 0 Å². The quantitative estimate of drug-likeness (QED) is 0.714. The van der Waals surface area contributed by atoms with Crippen LogP contribution >= 0.6 is 10.7 Å². The molecule has 0 bridgehead atoms. The first kappa shape index (κ1) is 10.3. The van der Waals surface area contributed by atoms with Gasteiger partial charge in [-0.2, -0.15) is 0 Å². The second-order valence-corrected chi connectivity index (χ2v) is 4.83. The summed E-state index contributed by atoms with van der Waals surface area (Å²) in [6.45, 7) is 2.39. The fourth-order valence-electron chi connectivity index (χ4n) is 0.856. The summed E-state index contributed by atoms with van der Waals surface area (Å²) in [5.74, 6) is 0.0249. The number of hydrogen-bond donors (Lipinski definition) is 0. The lowest BCUT2D eigenvalue weighted by Crippen LogP contribution is -1.94. The molecular formula is C6H9ClN2O3S. The molecule has 0 N–H and O–H groups in total. The molecule has 1 aromatic heterocycles. The van der Waals surface area contributed by atoms with Gasteiger partial charge in [0, 0.05) is 23.4 Å². The number of nitrogens with zero attached hydrogens (tertiary/aromatic N) is 2. The van der Waals surface area contributed by atoms with E-state index in [2.05, 4.69) is 5.10 Å². The second kappa shape index (κ2) is 3.55. The summed E-state index contributed by atoms with van der Waals surface area (Å²) in [5.41, 5.74) is 0. The van der Waals surface area contributed by atoms with Crippen LogP contribution < -0.4 is 4.74 Å². The van der Waals surface area contributed by atoms with Crippen LogP contribution in [0.2, 0.25) is 0 Å². The molecule has 0 fully saturated rings. The monoisotopic (exact) mass is 224 g/mol. The molecule has 0 saturated carbocycles. The van der Waals surface area contributed by atoms with Crippen LogP contribution in [-0.4, -0.2) is 25.3 Å². The predicted octanol–water partition coefficient (Wildman–Crippen LogP) is 0.839. The molecule has 1 aromatic rings. The van der Waals surface area contributed by atoms with Gasteiger partial charge in [0.2, 0.25) is 0 Å². The van der Waals surface area contributed by atoms with Crippen LogP contribution in [0.15, 0.2) is 11.1 Å². The van der Waals surface area contributed by atoms with E-state index in [-0.39, 0.29) is 10.8 Å². The summed E-state index contributed by atoms with van der Waals surface area (Å²) in [6, 6.07) is 0. The van der Waals surface area contributed by atoms with Gasteiger partial charge >= 0.3 is 0 Å². The van der Waals surface area contributed by atoms with Gasteiger partial charge in [-0.15, -0.1) is 5.10 Å². The Labute approximate surface area is 80.7 Å². The van der Waals surface area contributed by atoms with Gasteiger partial charge in [-0.3, -0.25) is 4.68 Å². The average molecular weight is 225 g/mol. The molecular weight excluding hydrogens is 216 g/mol. The summed E-state index contributed by atoms with van der Waals surface area (Å²) in [5, 5.41) is 3.84. The van der Waals surface area contributed by atoms with Crippen molar-refractivity contribution in [2.45, 2.75) is 18.4 Å². The maximum atomic E-state index is 11.0. The highest BCUT2D eigenvalue weighted by Gasteiger charge is 2.20. The number of hydrogen-bond acceptors (Lipinski definition) is 4. The van der Waals surface area contributed by atoms with Crippen molar-refractivity contribution in [2.24, 2.45) is 0 Å². The molecule has 1 rings (SSSR count). The molecule has 0 aromatic carbocycles. The van der Waals surface area contributed by atoms with Crippen molar-refractivity contribution in [1.82, 2.24) is 9.78 Å². The lowest BCUT2D eigenvalue weighted by atomic mass is 10.7. The normalized spacial score (nSPS) is 11.6. The second-order valence-electron chi connectivity index (χ2n) is 2.30. The highest BCUT2D eigenvalue weighted by molar-refractivity contribution is 8.13. The Morgan fingerprint density at radius 1 is 1.69 bits per heavy atom. The van der Waals surface area contributed by atoms with Crippen LogP contribution in [0, 0.1) is 0 Å². The number of aryl methyl sites for hydroxylation is 1. The van der Waals surface area contributed by atoms with E-state index in [1.807, 2.05) is 6.92 Å². The molecule has 0 aliphatic rings. The summed E-state index contributed by atoms with van der Waals surface area (Å²) in [4.78, 5) is -0.0986. The van der Waals surface area contributed by atoms with Gasteiger partial charge in [0.15, 0.2) is 4.90 Å². The smallest absolute Gasteiger partial charge is 0.268 e. The summed E-state index contributed by atoms with van der Waals surface area (Å²) >= 11 is 0. The lowest BCUT2D eigenvalue weighted by Gasteiger charge is -1.94. The van der Waals surface area contributed by atoms with E-state index in [4.69, 9.17) is 15.4 Å². The maximum absolute atomic E-state index is 11.0. The average Bonchev–Trinajstić information content (AvgIpc) is 2.46. The third-order valence-electron chi connectivity index (χ3n) is 1.48. The zero-order valence-electron chi connectivity index (χ0n) is 7.19. The molecule has 0 aliphatic carbocycles. The van der Waals surface area contributed by atoms with Gasteiger partial charge in [0.1, 0.15) is 0 Å². The number of halogens is 1. The molecule has 0 spiro atoms. The summed E-state index contributed by atoms with van der Waals surface area (Å²) in [7, 11) is 2.72. The van der Waals surface area contributed by atoms with Crippen molar-refractivity contribution in [3.8, 4) is 5.88 Å². The van der Waals surface area contributed by atoms with E-state index in [0.717, 1.165) is 0 Å². The summed E-state index contributed by atoms with van der Waals surface area (Å²) < 4.78 is 28.1. The molecule has 5 nitrogen and oxygen atoms in total. The number of methoxy groups -OCH3 is 1. The Morgan fingerprint density at radius 3 is 2.62 bits per heavy atom. The largest absolute Gasteiger partial charge is 0.479 e. The zero-order chi connectivity index (χ0) is 10.1. The zero-order valence-corrected chi connectivity index (χ0v) is 8.76. The van der Waals surface area contributed by atoms with Crippen LogP contribution in [0.4, 0.5) is 0 Å². The number of ether oxygens (including phenoxy) is 1. The van der Waals surface area contributed by atoms with E-state index in [1.165, 1.54) is 18.0 Å². The van der Waals surface area contributed by atoms with Crippen LogP contribution in [-0.2, 0) is 15.6 Å². The molecule has 7 heteroatoms. The summed E-state index contributed by atoms with van der Waals surface area (Å²) in [6.07, 6.45) is 1.33.